The lowest BCUT2D eigenvalue weighted by molar-refractivity contribution is 0.395. The van der Waals surface area contributed by atoms with E-state index < -0.39 is 0 Å². The summed E-state index contributed by atoms with van der Waals surface area (Å²) in [5.41, 5.74) is 3.02. The highest BCUT2D eigenvalue weighted by Crippen LogP contribution is 2.33. The molecular weight excluding hydrogens is 412 g/mol. The van der Waals surface area contributed by atoms with Gasteiger partial charge in [-0.1, -0.05) is 21.1 Å². The van der Waals surface area contributed by atoms with Gasteiger partial charge >= 0.3 is 0 Å². The van der Waals surface area contributed by atoms with Crippen LogP contribution in [0.1, 0.15) is 0 Å². The van der Waals surface area contributed by atoms with Gasteiger partial charge in [-0.15, -0.1) is 0 Å². The Labute approximate surface area is 163 Å². The van der Waals surface area contributed by atoms with Crippen LogP contribution >= 0.6 is 15.9 Å². The van der Waals surface area contributed by atoms with Crippen LogP contribution in [-0.2, 0) is 0 Å². The average molecular weight is 427 g/mol. The second-order valence-electron chi connectivity index (χ2n) is 5.66. The maximum Gasteiger partial charge on any atom is 0.276 e. The van der Waals surface area contributed by atoms with E-state index in [-0.39, 0.29) is 0 Å². The standard InChI is InChI=1S/C19H15BrN4O3/c1-25-13-7-8-14(17(9-13)26-2)15-10-16(23-22-15)19-21-18(24-27-19)11-3-5-12(20)6-4-11/h3-10H,1-2H3,(H,22,23). The monoisotopic (exact) mass is 426 g/mol. The molecule has 0 bridgehead atoms. The molecule has 0 radical (unpaired) electrons. The van der Waals surface area contributed by atoms with Crippen molar-refractivity contribution in [1.82, 2.24) is 20.3 Å². The Morgan fingerprint density at radius 2 is 1.81 bits per heavy atom. The first kappa shape index (κ1) is 17.3. The van der Waals surface area contributed by atoms with E-state index >= 15 is 0 Å². The molecule has 1 N–H and O–H groups in total. The number of hydrogen-bond acceptors (Lipinski definition) is 6. The molecule has 0 fully saturated rings. The number of H-pyrrole nitrogens is 1. The molecule has 0 aliphatic rings. The summed E-state index contributed by atoms with van der Waals surface area (Å²) in [6.45, 7) is 0. The normalized spacial score (nSPS) is 10.8. The largest absolute Gasteiger partial charge is 0.497 e. The molecule has 2 aromatic carbocycles. The number of nitrogens with zero attached hydrogens (tertiary/aromatic N) is 3. The summed E-state index contributed by atoms with van der Waals surface area (Å²) in [6, 6.07) is 15.1. The van der Waals surface area contributed by atoms with Crippen LogP contribution in [0, 0.1) is 0 Å². The minimum Gasteiger partial charge on any atom is -0.497 e. The van der Waals surface area contributed by atoms with Crippen LogP contribution in [0.2, 0.25) is 0 Å². The molecule has 4 rings (SSSR count). The second kappa shape index (κ2) is 7.24. The zero-order chi connectivity index (χ0) is 18.8. The molecule has 0 atom stereocenters. The van der Waals surface area contributed by atoms with E-state index in [1.807, 2.05) is 48.5 Å². The molecule has 27 heavy (non-hydrogen) atoms. The van der Waals surface area contributed by atoms with Crippen LogP contribution in [0.4, 0.5) is 0 Å². The Morgan fingerprint density at radius 1 is 1.00 bits per heavy atom. The number of aromatic nitrogens is 4. The fourth-order valence-corrected chi connectivity index (χ4v) is 2.89. The quantitative estimate of drug-likeness (QED) is 0.502. The first-order valence-electron chi connectivity index (χ1n) is 8.06. The number of nitrogens with one attached hydrogen (secondary N) is 1. The van der Waals surface area contributed by atoms with Crippen LogP contribution in [0.15, 0.2) is 57.5 Å². The van der Waals surface area contributed by atoms with Crippen molar-refractivity contribution in [2.45, 2.75) is 0 Å². The molecule has 0 spiro atoms. The van der Waals surface area contributed by atoms with E-state index in [0.29, 0.717) is 34.6 Å². The van der Waals surface area contributed by atoms with Crippen molar-refractivity contribution < 1.29 is 14.0 Å². The molecule has 0 aliphatic carbocycles. The lowest BCUT2D eigenvalue weighted by Crippen LogP contribution is -1.90. The van der Waals surface area contributed by atoms with Gasteiger partial charge in [-0.2, -0.15) is 10.1 Å². The van der Waals surface area contributed by atoms with Crippen molar-refractivity contribution in [2.24, 2.45) is 0 Å². The molecule has 0 saturated heterocycles. The number of ether oxygens (including phenoxy) is 2. The third-order valence-corrected chi connectivity index (χ3v) is 4.55. The highest BCUT2D eigenvalue weighted by molar-refractivity contribution is 9.10. The van der Waals surface area contributed by atoms with Gasteiger partial charge in [0, 0.05) is 21.7 Å². The summed E-state index contributed by atoms with van der Waals surface area (Å²) in [5, 5.41) is 11.3. The van der Waals surface area contributed by atoms with Gasteiger partial charge < -0.3 is 14.0 Å². The zero-order valence-corrected chi connectivity index (χ0v) is 16.1. The van der Waals surface area contributed by atoms with E-state index in [0.717, 1.165) is 15.6 Å². The lowest BCUT2D eigenvalue weighted by Gasteiger charge is -2.08. The lowest BCUT2D eigenvalue weighted by atomic mass is 10.1. The SMILES string of the molecule is COc1ccc(-c2cc(-c3nc(-c4ccc(Br)cc4)no3)[nH]n2)c(OC)c1. The minimum absolute atomic E-state index is 0.360. The highest BCUT2D eigenvalue weighted by Gasteiger charge is 2.16. The molecule has 8 heteroatoms. The fraction of sp³-hybridized carbons (Fsp3) is 0.105. The van der Waals surface area contributed by atoms with Gasteiger partial charge in [0.15, 0.2) is 0 Å². The Kier molecular flexibility index (Phi) is 4.64. The number of benzene rings is 2. The van der Waals surface area contributed by atoms with Gasteiger partial charge in [-0.25, -0.2) is 0 Å². The highest BCUT2D eigenvalue weighted by atomic mass is 79.9. The predicted octanol–water partition coefficient (Wildman–Crippen LogP) is 4.57. The van der Waals surface area contributed by atoms with Crippen molar-refractivity contribution in [3.05, 3.63) is 53.0 Å². The number of aromatic amines is 1. The summed E-state index contributed by atoms with van der Waals surface area (Å²) < 4.78 is 17.0. The Bertz CT molecular complexity index is 1070. The number of halogens is 1. The smallest absolute Gasteiger partial charge is 0.276 e. The van der Waals surface area contributed by atoms with Gasteiger partial charge in [0.05, 0.1) is 19.9 Å². The zero-order valence-electron chi connectivity index (χ0n) is 14.6. The average Bonchev–Trinajstić information content (AvgIpc) is 3.37. The molecule has 136 valence electrons. The van der Waals surface area contributed by atoms with Crippen molar-refractivity contribution >= 4 is 15.9 Å². The maximum absolute atomic E-state index is 5.44. The first-order chi connectivity index (χ1) is 13.2. The third kappa shape index (κ3) is 3.43. The first-order valence-corrected chi connectivity index (χ1v) is 8.85. The molecule has 7 nitrogen and oxygen atoms in total. The Balaban J connectivity index is 1.65. The van der Waals surface area contributed by atoms with Crippen molar-refractivity contribution in [3.8, 4) is 45.7 Å². The van der Waals surface area contributed by atoms with Gasteiger partial charge in [-0.05, 0) is 42.5 Å². The van der Waals surface area contributed by atoms with E-state index in [9.17, 15) is 0 Å². The molecule has 4 aromatic rings. The van der Waals surface area contributed by atoms with Crippen LogP contribution in [-0.4, -0.2) is 34.6 Å². The van der Waals surface area contributed by atoms with Crippen molar-refractivity contribution in [1.29, 1.82) is 0 Å². The fourth-order valence-electron chi connectivity index (χ4n) is 2.63. The molecule has 0 saturated carbocycles. The van der Waals surface area contributed by atoms with Crippen LogP contribution in [0.5, 0.6) is 11.5 Å². The van der Waals surface area contributed by atoms with E-state index in [1.165, 1.54) is 0 Å². The minimum atomic E-state index is 0.360. The van der Waals surface area contributed by atoms with Gasteiger partial charge in [-0.3, -0.25) is 5.10 Å². The van der Waals surface area contributed by atoms with Crippen LogP contribution in [0.25, 0.3) is 34.2 Å². The van der Waals surface area contributed by atoms with E-state index in [1.54, 1.807) is 14.2 Å². The van der Waals surface area contributed by atoms with Gasteiger partial charge in [0.1, 0.15) is 17.2 Å². The summed E-state index contributed by atoms with van der Waals surface area (Å²) in [4.78, 5) is 4.44. The second-order valence-corrected chi connectivity index (χ2v) is 6.58. The number of hydrogen-bond donors (Lipinski definition) is 1. The summed E-state index contributed by atoms with van der Waals surface area (Å²) in [6.07, 6.45) is 0. The molecule has 0 unspecified atom stereocenters. The predicted molar refractivity (Wildman–Crippen MR) is 104 cm³/mol. The topological polar surface area (TPSA) is 86.1 Å². The Morgan fingerprint density at radius 3 is 2.56 bits per heavy atom. The van der Waals surface area contributed by atoms with Gasteiger partial charge in [0.2, 0.25) is 5.82 Å². The summed E-state index contributed by atoms with van der Waals surface area (Å²) in [7, 11) is 3.22. The van der Waals surface area contributed by atoms with Crippen molar-refractivity contribution in [2.75, 3.05) is 14.2 Å². The van der Waals surface area contributed by atoms with Crippen LogP contribution in [0.3, 0.4) is 0 Å². The molecular formula is C19H15BrN4O3. The molecule has 0 amide bonds. The summed E-state index contributed by atoms with van der Waals surface area (Å²) in [5.74, 6) is 2.24. The van der Waals surface area contributed by atoms with E-state index in [4.69, 9.17) is 14.0 Å². The molecule has 2 aromatic heterocycles. The Hall–Kier alpha value is -3.13. The maximum atomic E-state index is 5.44. The van der Waals surface area contributed by atoms with Gasteiger partial charge in [0.25, 0.3) is 5.89 Å². The molecule has 2 heterocycles. The van der Waals surface area contributed by atoms with E-state index in [2.05, 4.69) is 36.3 Å². The van der Waals surface area contributed by atoms with Crippen molar-refractivity contribution in [3.63, 3.8) is 0 Å². The number of rotatable bonds is 5. The third-order valence-electron chi connectivity index (χ3n) is 4.02. The number of methoxy groups -OCH3 is 2. The summed E-state index contributed by atoms with van der Waals surface area (Å²) >= 11 is 3.41. The van der Waals surface area contributed by atoms with Crippen LogP contribution < -0.4 is 9.47 Å². The molecule has 0 aliphatic heterocycles.